The minimum Gasteiger partial charge on any atom is -0.339 e. The van der Waals surface area contributed by atoms with Crippen molar-refractivity contribution in [3.63, 3.8) is 0 Å². The van der Waals surface area contributed by atoms with Crippen molar-refractivity contribution in [1.29, 1.82) is 0 Å². The highest BCUT2D eigenvalue weighted by atomic mass is 35.5. The largest absolute Gasteiger partial charge is 0.419 e. The van der Waals surface area contributed by atoms with E-state index in [9.17, 15) is 22.4 Å². The number of piperidine rings is 1. The van der Waals surface area contributed by atoms with Crippen LogP contribution in [0, 0.1) is 11.7 Å². The highest BCUT2D eigenvalue weighted by Gasteiger charge is 2.35. The average molecular weight is 324 g/mol. The molecule has 21 heavy (non-hydrogen) atoms. The molecular weight excluding hydrogens is 310 g/mol. The van der Waals surface area contributed by atoms with Crippen LogP contribution in [-0.2, 0) is 6.18 Å². The Balaban J connectivity index is 2.17. The smallest absolute Gasteiger partial charge is 0.339 e. The molecule has 0 atom stereocenters. The van der Waals surface area contributed by atoms with Crippen molar-refractivity contribution in [1.82, 2.24) is 4.90 Å². The Hall–Kier alpha value is -1.30. The summed E-state index contributed by atoms with van der Waals surface area (Å²) < 4.78 is 51.2. The van der Waals surface area contributed by atoms with E-state index in [1.165, 1.54) is 4.90 Å². The van der Waals surface area contributed by atoms with Gasteiger partial charge in [0.15, 0.2) is 0 Å². The molecule has 7 heteroatoms. The number of alkyl halides is 4. The lowest BCUT2D eigenvalue weighted by Gasteiger charge is -2.31. The van der Waals surface area contributed by atoms with Gasteiger partial charge in [-0.2, -0.15) is 13.2 Å². The monoisotopic (exact) mass is 323 g/mol. The lowest BCUT2D eigenvalue weighted by molar-refractivity contribution is -0.140. The van der Waals surface area contributed by atoms with Crippen LogP contribution < -0.4 is 0 Å². The molecule has 1 amide bonds. The number of likely N-dealkylation sites (tertiary alicyclic amines) is 1. The average Bonchev–Trinajstić information content (AvgIpc) is 2.46. The Bertz CT molecular complexity index is 524. The van der Waals surface area contributed by atoms with Crippen molar-refractivity contribution in [2.45, 2.75) is 19.0 Å². The zero-order valence-electron chi connectivity index (χ0n) is 11.1. The van der Waals surface area contributed by atoms with Gasteiger partial charge < -0.3 is 4.90 Å². The van der Waals surface area contributed by atoms with Gasteiger partial charge in [-0.25, -0.2) is 4.39 Å². The molecular formula is C14H14ClF4NO. The lowest BCUT2D eigenvalue weighted by Crippen LogP contribution is -2.39. The summed E-state index contributed by atoms with van der Waals surface area (Å²) in [4.78, 5) is 13.7. The van der Waals surface area contributed by atoms with Gasteiger partial charge in [-0.1, -0.05) is 0 Å². The van der Waals surface area contributed by atoms with E-state index in [-0.39, 0.29) is 5.56 Å². The Morgan fingerprint density at radius 3 is 2.43 bits per heavy atom. The third-order valence-electron chi connectivity index (χ3n) is 3.64. The first-order valence-corrected chi connectivity index (χ1v) is 7.08. The molecule has 0 radical (unpaired) electrons. The number of halogens is 5. The van der Waals surface area contributed by atoms with Gasteiger partial charge in [-0.05, 0) is 37.0 Å². The summed E-state index contributed by atoms with van der Waals surface area (Å²) in [7, 11) is 0. The third-order valence-corrected chi connectivity index (χ3v) is 4.08. The van der Waals surface area contributed by atoms with E-state index in [0.717, 1.165) is 18.9 Å². The van der Waals surface area contributed by atoms with Crippen LogP contribution in [-0.4, -0.2) is 29.8 Å². The summed E-state index contributed by atoms with van der Waals surface area (Å²) >= 11 is 5.74. The minimum atomic E-state index is -4.81. The van der Waals surface area contributed by atoms with E-state index in [4.69, 9.17) is 11.6 Å². The van der Waals surface area contributed by atoms with Crippen LogP contribution in [0.1, 0.15) is 28.8 Å². The summed E-state index contributed by atoms with van der Waals surface area (Å²) in [5.74, 6) is -1.04. The zero-order chi connectivity index (χ0) is 15.6. The quantitative estimate of drug-likeness (QED) is 0.596. The molecule has 2 nitrogen and oxygen atoms in total. The van der Waals surface area contributed by atoms with Gasteiger partial charge in [-0.15, -0.1) is 11.6 Å². The van der Waals surface area contributed by atoms with E-state index in [1.807, 2.05) is 0 Å². The SMILES string of the molecule is O=C(c1ccc(F)c(C(F)(F)F)c1)N1CCC(CCl)CC1. The van der Waals surface area contributed by atoms with Crippen LogP contribution in [0.4, 0.5) is 17.6 Å². The fourth-order valence-corrected chi connectivity index (χ4v) is 2.66. The second-order valence-corrected chi connectivity index (χ2v) is 5.39. The van der Waals surface area contributed by atoms with E-state index in [0.29, 0.717) is 37.0 Å². The van der Waals surface area contributed by atoms with E-state index < -0.39 is 23.5 Å². The number of hydrogen-bond donors (Lipinski definition) is 0. The van der Waals surface area contributed by atoms with Crippen molar-refractivity contribution >= 4 is 17.5 Å². The molecule has 1 heterocycles. The summed E-state index contributed by atoms with van der Waals surface area (Å²) in [6.07, 6.45) is -3.36. The first-order chi connectivity index (χ1) is 9.82. The van der Waals surface area contributed by atoms with Gasteiger partial charge in [0.1, 0.15) is 5.82 Å². The van der Waals surface area contributed by atoms with E-state index >= 15 is 0 Å². The first kappa shape index (κ1) is 16.1. The number of hydrogen-bond acceptors (Lipinski definition) is 1. The zero-order valence-corrected chi connectivity index (χ0v) is 11.8. The molecule has 0 bridgehead atoms. The van der Waals surface area contributed by atoms with Crippen LogP contribution in [0.2, 0.25) is 0 Å². The highest BCUT2D eigenvalue weighted by molar-refractivity contribution is 6.18. The van der Waals surface area contributed by atoms with Crippen LogP contribution in [0.3, 0.4) is 0 Å². The molecule has 0 saturated carbocycles. The standard InChI is InChI=1S/C14H14ClF4NO/c15-8-9-3-5-20(6-4-9)13(21)10-1-2-12(16)11(7-10)14(17,18)19/h1-2,7,9H,3-6,8H2. The molecule has 2 rings (SSSR count). The summed E-state index contributed by atoms with van der Waals surface area (Å²) in [6, 6.07) is 2.34. The van der Waals surface area contributed by atoms with Crippen LogP contribution >= 0.6 is 11.6 Å². The predicted octanol–water partition coefficient (Wildman–Crippen LogP) is 3.94. The van der Waals surface area contributed by atoms with Crippen LogP contribution in [0.25, 0.3) is 0 Å². The number of benzene rings is 1. The summed E-state index contributed by atoms with van der Waals surface area (Å²) in [5, 5.41) is 0. The van der Waals surface area contributed by atoms with E-state index in [1.54, 1.807) is 0 Å². The maximum atomic E-state index is 13.2. The fourth-order valence-electron chi connectivity index (χ4n) is 2.35. The molecule has 1 saturated heterocycles. The molecule has 1 aliphatic heterocycles. The van der Waals surface area contributed by atoms with Crippen molar-refractivity contribution in [2.75, 3.05) is 19.0 Å². The lowest BCUT2D eigenvalue weighted by atomic mass is 9.98. The molecule has 0 spiro atoms. The molecule has 1 fully saturated rings. The predicted molar refractivity (Wildman–Crippen MR) is 70.7 cm³/mol. The fraction of sp³-hybridized carbons (Fsp3) is 0.500. The van der Waals surface area contributed by atoms with E-state index in [2.05, 4.69) is 0 Å². The Labute approximate surface area is 124 Å². The molecule has 1 aromatic rings. The molecule has 1 aromatic carbocycles. The van der Waals surface area contributed by atoms with Crippen molar-refractivity contribution in [2.24, 2.45) is 5.92 Å². The van der Waals surface area contributed by atoms with Gasteiger partial charge >= 0.3 is 6.18 Å². The third kappa shape index (κ3) is 3.67. The number of nitrogens with zero attached hydrogens (tertiary/aromatic N) is 1. The van der Waals surface area contributed by atoms with Crippen LogP contribution in [0.5, 0.6) is 0 Å². The number of carbonyl (C=O) groups is 1. The number of carbonyl (C=O) groups excluding carboxylic acids is 1. The molecule has 0 aliphatic carbocycles. The molecule has 0 unspecified atom stereocenters. The number of amides is 1. The topological polar surface area (TPSA) is 20.3 Å². The molecule has 1 aliphatic rings. The van der Waals surface area contributed by atoms with Crippen LogP contribution in [0.15, 0.2) is 18.2 Å². The van der Waals surface area contributed by atoms with Crippen molar-refractivity contribution in [3.05, 3.63) is 35.1 Å². The molecule has 116 valence electrons. The Morgan fingerprint density at radius 1 is 1.29 bits per heavy atom. The minimum absolute atomic E-state index is 0.145. The first-order valence-electron chi connectivity index (χ1n) is 6.55. The maximum absolute atomic E-state index is 13.2. The Morgan fingerprint density at radius 2 is 1.90 bits per heavy atom. The number of rotatable bonds is 2. The maximum Gasteiger partial charge on any atom is 0.419 e. The van der Waals surface area contributed by atoms with Crippen molar-refractivity contribution < 1.29 is 22.4 Å². The van der Waals surface area contributed by atoms with Gasteiger partial charge in [0.25, 0.3) is 5.91 Å². The normalized spacial score (nSPS) is 17.1. The van der Waals surface area contributed by atoms with Gasteiger partial charge in [-0.3, -0.25) is 4.79 Å². The second kappa shape index (κ2) is 6.22. The molecule has 0 aromatic heterocycles. The van der Waals surface area contributed by atoms with Gasteiger partial charge in [0.2, 0.25) is 0 Å². The molecule has 0 N–H and O–H groups in total. The van der Waals surface area contributed by atoms with Gasteiger partial charge in [0, 0.05) is 24.5 Å². The Kier molecular flexibility index (Phi) is 4.76. The second-order valence-electron chi connectivity index (χ2n) is 5.08. The highest BCUT2D eigenvalue weighted by Crippen LogP contribution is 2.32. The van der Waals surface area contributed by atoms with Gasteiger partial charge in [0.05, 0.1) is 5.56 Å². The summed E-state index contributed by atoms with van der Waals surface area (Å²) in [5.41, 5.74) is -1.56. The summed E-state index contributed by atoms with van der Waals surface area (Å²) in [6.45, 7) is 0.907. The van der Waals surface area contributed by atoms with Crippen molar-refractivity contribution in [3.8, 4) is 0 Å².